The molecule has 0 aliphatic heterocycles. The van der Waals surface area contributed by atoms with Crippen molar-refractivity contribution in [1.82, 2.24) is 9.13 Å². The molecule has 0 saturated carbocycles. The van der Waals surface area contributed by atoms with Crippen LogP contribution in [0.25, 0.3) is 144 Å². The van der Waals surface area contributed by atoms with Crippen LogP contribution in [0.5, 0.6) is 0 Å². The number of hydrogen-bond donors (Lipinski definition) is 0. The molecule has 0 saturated heterocycles. The molecule has 93 heavy (non-hydrogen) atoms. The third-order valence-corrected chi connectivity index (χ3v) is 19.7. The largest absolute Gasteiger partial charge is 0.309 e. The van der Waals surface area contributed by atoms with E-state index in [9.17, 15) is 0 Å². The van der Waals surface area contributed by atoms with Gasteiger partial charge in [0.25, 0.3) is 0 Å². The molecular weight excluding hydrogens is 1120 g/mol. The summed E-state index contributed by atoms with van der Waals surface area (Å²) in [6.07, 6.45) is 0. The first-order valence-electron chi connectivity index (χ1n) is 32.2. The van der Waals surface area contributed by atoms with Crippen molar-refractivity contribution in [2.75, 3.05) is 0 Å². The van der Waals surface area contributed by atoms with Gasteiger partial charge in [-0.25, -0.2) is 0 Å². The van der Waals surface area contributed by atoms with Gasteiger partial charge in [-0.1, -0.05) is 297 Å². The lowest BCUT2D eigenvalue weighted by molar-refractivity contribution is 0.769. The smallest absolute Gasteiger partial charge is 0.0713 e. The summed E-state index contributed by atoms with van der Waals surface area (Å²) >= 11 is 0. The van der Waals surface area contributed by atoms with Gasteiger partial charge in [0.05, 0.1) is 33.2 Å². The Kier molecular flexibility index (Phi) is 12.8. The normalized spacial score (nSPS) is 12.4. The molecular formula is C91H60N2. The van der Waals surface area contributed by atoms with Crippen LogP contribution in [0.15, 0.2) is 364 Å². The van der Waals surface area contributed by atoms with Gasteiger partial charge in [0, 0.05) is 32.8 Å². The second kappa shape index (κ2) is 22.1. The topological polar surface area (TPSA) is 9.86 Å². The van der Waals surface area contributed by atoms with E-state index in [-0.39, 0.29) is 0 Å². The molecule has 18 rings (SSSR count). The third-order valence-electron chi connectivity index (χ3n) is 19.7. The van der Waals surface area contributed by atoms with Gasteiger partial charge >= 0.3 is 0 Å². The number of aromatic nitrogens is 2. The third kappa shape index (κ3) is 8.94. The summed E-state index contributed by atoms with van der Waals surface area (Å²) in [5, 5.41) is 4.93. The summed E-state index contributed by atoms with van der Waals surface area (Å²) in [7, 11) is 0. The molecule has 0 radical (unpaired) electrons. The Morgan fingerprint density at radius 3 is 1.04 bits per heavy atom. The maximum absolute atomic E-state index is 2.46. The molecule has 15 aromatic carbocycles. The summed E-state index contributed by atoms with van der Waals surface area (Å²) in [6, 6.07) is 135. The molecule has 434 valence electrons. The molecule has 0 fully saturated rings. The summed E-state index contributed by atoms with van der Waals surface area (Å²) in [6.45, 7) is 0. The van der Waals surface area contributed by atoms with Crippen molar-refractivity contribution < 1.29 is 0 Å². The highest BCUT2D eigenvalue weighted by Crippen LogP contribution is 2.57. The zero-order chi connectivity index (χ0) is 61.4. The molecule has 0 unspecified atom stereocenters. The van der Waals surface area contributed by atoms with E-state index in [4.69, 9.17) is 0 Å². The second-order valence-corrected chi connectivity index (χ2v) is 24.7. The molecule has 0 atom stereocenters. The average Bonchev–Trinajstić information content (AvgIpc) is 1.57. The highest BCUT2D eigenvalue weighted by atomic mass is 15.0. The molecule has 2 nitrogen and oxygen atoms in total. The van der Waals surface area contributed by atoms with Crippen LogP contribution < -0.4 is 0 Å². The zero-order valence-electron chi connectivity index (χ0n) is 51.0. The molecule has 17 aromatic rings. The quantitative estimate of drug-likeness (QED) is 0.122. The predicted molar refractivity (Wildman–Crippen MR) is 390 cm³/mol. The van der Waals surface area contributed by atoms with Crippen LogP contribution in [0.3, 0.4) is 0 Å². The standard InChI is InChI=1S/C91H60N2/c1-3-20-61(21-4-1)63-40-44-66(45-41-63)69-24-17-27-74(56-69)91(84-35-12-7-31-78(84)79-32-8-13-36-85(79)91)75-28-18-25-70(57-75)67-46-42-64(43-47-67)65-48-50-68(51-49-65)77-30-9-14-37-86(77)93-88-39-16-11-34-81(88)83-60-73(53-55-90(83)93)72-52-54-89-82(59-72)80-33-10-15-38-87(80)92(89)76-29-19-26-71(58-76)62-22-5-2-6-23-62/h1-60H. The van der Waals surface area contributed by atoms with Crippen LogP contribution in [0.1, 0.15) is 22.3 Å². The van der Waals surface area contributed by atoms with Gasteiger partial charge in [-0.2, -0.15) is 0 Å². The summed E-state index contributed by atoms with van der Waals surface area (Å²) in [5.74, 6) is 0. The van der Waals surface area contributed by atoms with Crippen molar-refractivity contribution >= 4 is 43.6 Å². The molecule has 0 amide bonds. The van der Waals surface area contributed by atoms with Gasteiger partial charge in [-0.05, 0) is 172 Å². The Morgan fingerprint density at radius 1 is 0.183 bits per heavy atom. The first-order chi connectivity index (χ1) is 46.1. The maximum Gasteiger partial charge on any atom is 0.0713 e. The molecule has 0 bridgehead atoms. The molecule has 1 aliphatic carbocycles. The van der Waals surface area contributed by atoms with Crippen molar-refractivity contribution in [2.24, 2.45) is 0 Å². The minimum atomic E-state index is -0.547. The maximum atomic E-state index is 2.46. The summed E-state index contributed by atoms with van der Waals surface area (Å²) < 4.78 is 4.87. The monoisotopic (exact) mass is 1180 g/mol. The van der Waals surface area contributed by atoms with Crippen molar-refractivity contribution in [3.63, 3.8) is 0 Å². The lowest BCUT2D eigenvalue weighted by Gasteiger charge is -2.34. The van der Waals surface area contributed by atoms with E-state index < -0.39 is 5.41 Å². The van der Waals surface area contributed by atoms with Crippen LogP contribution in [-0.4, -0.2) is 9.13 Å². The van der Waals surface area contributed by atoms with Crippen molar-refractivity contribution in [3.05, 3.63) is 386 Å². The van der Waals surface area contributed by atoms with Crippen LogP contribution in [0.4, 0.5) is 0 Å². The van der Waals surface area contributed by atoms with E-state index in [2.05, 4.69) is 373 Å². The van der Waals surface area contributed by atoms with Gasteiger partial charge in [0.15, 0.2) is 0 Å². The Morgan fingerprint density at radius 2 is 0.516 bits per heavy atom. The van der Waals surface area contributed by atoms with E-state index in [0.29, 0.717) is 0 Å². The highest BCUT2D eigenvalue weighted by Gasteiger charge is 2.46. The number of para-hydroxylation sites is 3. The van der Waals surface area contributed by atoms with Crippen LogP contribution in [0.2, 0.25) is 0 Å². The van der Waals surface area contributed by atoms with Crippen LogP contribution in [-0.2, 0) is 5.41 Å². The second-order valence-electron chi connectivity index (χ2n) is 24.7. The lowest BCUT2D eigenvalue weighted by Crippen LogP contribution is -2.28. The highest BCUT2D eigenvalue weighted by molar-refractivity contribution is 6.13. The molecule has 0 N–H and O–H groups in total. The lowest BCUT2D eigenvalue weighted by atomic mass is 9.67. The number of hydrogen-bond acceptors (Lipinski definition) is 0. The van der Waals surface area contributed by atoms with Gasteiger partial charge in [-0.3, -0.25) is 0 Å². The van der Waals surface area contributed by atoms with Crippen molar-refractivity contribution in [1.29, 1.82) is 0 Å². The Hall–Kier alpha value is -12.1. The van der Waals surface area contributed by atoms with E-state index in [0.717, 1.165) is 11.4 Å². The first kappa shape index (κ1) is 53.9. The summed E-state index contributed by atoms with van der Waals surface area (Å²) in [5.41, 5.74) is 30.8. The van der Waals surface area contributed by atoms with Gasteiger partial charge in [-0.15, -0.1) is 0 Å². The average molecular weight is 1180 g/mol. The molecule has 2 heterocycles. The van der Waals surface area contributed by atoms with Gasteiger partial charge in [0.2, 0.25) is 0 Å². The fourth-order valence-electron chi connectivity index (χ4n) is 15.3. The minimum absolute atomic E-state index is 0.547. The molecule has 2 aromatic heterocycles. The fourth-order valence-corrected chi connectivity index (χ4v) is 15.3. The first-order valence-corrected chi connectivity index (χ1v) is 32.2. The number of benzene rings is 15. The van der Waals surface area contributed by atoms with E-state index in [1.54, 1.807) is 0 Å². The SMILES string of the molecule is c1ccc(-c2ccc(-c3cccc(C4(c5cccc(-c6ccc(-c7ccc(-c8ccccc8-n8c9ccccc9c9cc(-c%10ccc%11c(c%10)c%10ccccc%10n%11-c%10cccc(-c%11ccccc%11)c%10)ccc98)cc7)cc6)c5)c5ccccc5-c5ccccc54)c3)cc2)cc1. The van der Waals surface area contributed by atoms with E-state index in [1.807, 2.05) is 0 Å². The summed E-state index contributed by atoms with van der Waals surface area (Å²) in [4.78, 5) is 0. The van der Waals surface area contributed by atoms with Crippen LogP contribution >= 0.6 is 0 Å². The van der Waals surface area contributed by atoms with Gasteiger partial charge < -0.3 is 9.13 Å². The molecule has 1 aliphatic rings. The Labute approximate surface area is 541 Å². The van der Waals surface area contributed by atoms with Gasteiger partial charge in [0.1, 0.15) is 0 Å². The number of nitrogens with zero attached hydrogens (tertiary/aromatic N) is 2. The minimum Gasteiger partial charge on any atom is -0.309 e. The predicted octanol–water partition coefficient (Wildman–Crippen LogP) is 23.9. The van der Waals surface area contributed by atoms with Crippen molar-refractivity contribution in [2.45, 2.75) is 5.41 Å². The molecule has 0 spiro atoms. The van der Waals surface area contributed by atoms with Crippen LogP contribution in [0, 0.1) is 0 Å². The fraction of sp³-hybridized carbons (Fsp3) is 0.0110. The zero-order valence-corrected chi connectivity index (χ0v) is 51.0. The Balaban J connectivity index is 0.657. The van der Waals surface area contributed by atoms with Crippen molar-refractivity contribution in [3.8, 4) is 100 Å². The Bertz CT molecular complexity index is 5670. The number of rotatable bonds is 11. The number of fused-ring (bicyclic) bond motifs is 9. The van der Waals surface area contributed by atoms with E-state index in [1.165, 1.54) is 155 Å². The molecule has 2 heteroatoms. The van der Waals surface area contributed by atoms with E-state index >= 15 is 0 Å².